The first-order chi connectivity index (χ1) is 15.2. The number of nitrogens with one attached hydrogen (secondary N) is 3. The van der Waals surface area contributed by atoms with Gasteiger partial charge in [-0.05, 0) is 39.6 Å². The number of hydrogen-bond donors (Lipinski definition) is 3. The van der Waals surface area contributed by atoms with Crippen LogP contribution in [-0.4, -0.2) is 75.9 Å². The molecule has 1 spiro atoms. The maximum atomic E-state index is 13.1. The number of rotatable bonds is 9. The van der Waals surface area contributed by atoms with Gasteiger partial charge in [0.2, 0.25) is 17.7 Å². The molecule has 2 heterocycles. The summed E-state index contributed by atoms with van der Waals surface area (Å²) in [6.07, 6.45) is 1.91. The Balaban J connectivity index is 1.71. The quantitative estimate of drug-likeness (QED) is 0.497. The number of pyridine rings is 1. The van der Waals surface area contributed by atoms with E-state index in [1.165, 1.54) is 22.9 Å². The molecule has 1 saturated heterocycles. The fraction of sp³-hybridized carbons (Fsp3) is 0.476. The Labute approximate surface area is 191 Å². The van der Waals surface area contributed by atoms with Gasteiger partial charge in [0.25, 0.3) is 0 Å². The van der Waals surface area contributed by atoms with E-state index in [9.17, 15) is 19.6 Å². The van der Waals surface area contributed by atoms with Gasteiger partial charge in [-0.15, -0.1) is 11.8 Å². The van der Waals surface area contributed by atoms with Crippen molar-refractivity contribution in [3.63, 3.8) is 0 Å². The summed E-state index contributed by atoms with van der Waals surface area (Å²) in [6.45, 7) is 6.11. The average molecular weight is 458 g/mol. The zero-order chi connectivity index (χ0) is 23.5. The number of carbonyl (C=O) groups is 3. The van der Waals surface area contributed by atoms with Gasteiger partial charge >= 0.3 is 0 Å². The van der Waals surface area contributed by atoms with Gasteiger partial charge in [-0.25, -0.2) is 4.98 Å². The first kappa shape index (κ1) is 23.6. The van der Waals surface area contributed by atoms with E-state index in [0.717, 1.165) is 0 Å². The molecule has 2 aliphatic rings. The Bertz CT molecular complexity index is 963. The zero-order valence-electron chi connectivity index (χ0n) is 18.3. The maximum absolute atomic E-state index is 13.1. The second-order valence-electron chi connectivity index (χ2n) is 7.89. The van der Waals surface area contributed by atoms with E-state index in [-0.39, 0.29) is 24.4 Å². The Kier molecular flexibility index (Phi) is 7.06. The molecule has 11 heteroatoms. The lowest BCUT2D eigenvalue weighted by molar-refractivity contribution is -0.130. The second kappa shape index (κ2) is 9.58. The standard InChI is InChI=1S/C21H27N7O3S/c1-5-23-18(30)13(11-22)19-28(6-2)20(31)21(32-19)10-14(21)24-15-8-7-9-16(25-15)26-17(29)12-27(3)4/h6-9,13-14,19H,2,5,10,12H2,1,3-4H3,(H,23,30)(H2,24,25,26,29). The monoisotopic (exact) mass is 457 g/mol. The van der Waals surface area contributed by atoms with E-state index in [4.69, 9.17) is 0 Å². The van der Waals surface area contributed by atoms with Crippen LogP contribution in [0.25, 0.3) is 0 Å². The molecule has 2 fully saturated rings. The zero-order valence-corrected chi connectivity index (χ0v) is 19.1. The largest absolute Gasteiger partial charge is 0.365 e. The topological polar surface area (TPSA) is 130 Å². The smallest absolute Gasteiger partial charge is 0.246 e. The third-order valence-corrected chi connectivity index (χ3v) is 6.95. The van der Waals surface area contributed by atoms with Crippen molar-refractivity contribution in [1.82, 2.24) is 20.1 Å². The van der Waals surface area contributed by atoms with Gasteiger partial charge < -0.3 is 25.8 Å². The van der Waals surface area contributed by atoms with Gasteiger partial charge in [0, 0.05) is 12.7 Å². The van der Waals surface area contributed by atoms with E-state index in [1.54, 1.807) is 44.1 Å². The number of likely N-dealkylation sites (N-methyl/N-ethyl adjacent to an activating group) is 1. The highest BCUT2D eigenvalue weighted by Crippen LogP contribution is 2.59. The molecule has 4 atom stereocenters. The number of aromatic nitrogens is 1. The van der Waals surface area contributed by atoms with Crippen molar-refractivity contribution in [3.8, 4) is 6.07 Å². The molecule has 3 rings (SSSR count). The summed E-state index contributed by atoms with van der Waals surface area (Å²) < 4.78 is -0.785. The van der Waals surface area contributed by atoms with E-state index in [0.29, 0.717) is 24.6 Å². The maximum Gasteiger partial charge on any atom is 0.246 e. The third-order valence-electron chi connectivity index (χ3n) is 5.16. The van der Waals surface area contributed by atoms with Crippen LogP contribution in [0.5, 0.6) is 0 Å². The molecule has 10 nitrogen and oxygen atoms in total. The van der Waals surface area contributed by atoms with Crippen LogP contribution in [-0.2, 0) is 14.4 Å². The minimum absolute atomic E-state index is 0.179. The normalized spacial score (nSPS) is 24.7. The minimum atomic E-state index is -1.00. The van der Waals surface area contributed by atoms with Gasteiger partial charge in [-0.1, -0.05) is 12.6 Å². The Hall–Kier alpha value is -3.10. The Morgan fingerprint density at radius 2 is 2.19 bits per heavy atom. The molecule has 0 aromatic carbocycles. The fourth-order valence-electron chi connectivity index (χ4n) is 3.62. The highest BCUT2D eigenvalue weighted by molar-refractivity contribution is 8.02. The number of amides is 3. The molecule has 0 bridgehead atoms. The van der Waals surface area contributed by atoms with Crippen molar-refractivity contribution >= 4 is 41.1 Å². The lowest BCUT2D eigenvalue weighted by Crippen LogP contribution is -2.41. The van der Waals surface area contributed by atoms with Crippen LogP contribution in [0.1, 0.15) is 13.3 Å². The SMILES string of the molecule is C=CN1C(=O)C2(CC2Nc2cccc(NC(=O)CN(C)C)n2)SC1C(C#N)C(=O)NCC. The van der Waals surface area contributed by atoms with Crippen molar-refractivity contribution in [3.05, 3.63) is 31.0 Å². The van der Waals surface area contributed by atoms with Gasteiger partial charge in [-0.3, -0.25) is 14.4 Å². The molecule has 3 N–H and O–H groups in total. The van der Waals surface area contributed by atoms with Crippen LogP contribution in [0.4, 0.5) is 11.6 Å². The molecule has 32 heavy (non-hydrogen) atoms. The molecule has 1 aliphatic heterocycles. The lowest BCUT2D eigenvalue weighted by Gasteiger charge is -2.22. The third kappa shape index (κ3) is 4.71. The number of carbonyl (C=O) groups excluding carboxylic acids is 3. The molecule has 1 saturated carbocycles. The number of nitrogens with zero attached hydrogens (tertiary/aromatic N) is 4. The van der Waals surface area contributed by atoms with Gasteiger partial charge in [0.05, 0.1) is 18.7 Å². The summed E-state index contributed by atoms with van der Waals surface area (Å²) in [4.78, 5) is 45.0. The number of anilines is 2. The number of thioether (sulfide) groups is 1. The van der Waals surface area contributed by atoms with E-state index in [1.807, 2.05) is 6.07 Å². The molecule has 1 aliphatic carbocycles. The van der Waals surface area contributed by atoms with Crippen molar-refractivity contribution < 1.29 is 14.4 Å². The minimum Gasteiger partial charge on any atom is -0.365 e. The summed E-state index contributed by atoms with van der Waals surface area (Å²) in [5.41, 5.74) is 0. The Morgan fingerprint density at radius 1 is 1.47 bits per heavy atom. The fourth-order valence-corrected chi connectivity index (χ4v) is 5.36. The van der Waals surface area contributed by atoms with Gasteiger partial charge in [-0.2, -0.15) is 5.26 Å². The van der Waals surface area contributed by atoms with Crippen LogP contribution in [0, 0.1) is 17.2 Å². The van der Waals surface area contributed by atoms with Crippen LogP contribution in [0.15, 0.2) is 31.0 Å². The second-order valence-corrected chi connectivity index (χ2v) is 9.34. The molecule has 3 amide bonds. The Morgan fingerprint density at radius 3 is 2.81 bits per heavy atom. The number of nitriles is 1. The molecular weight excluding hydrogens is 430 g/mol. The highest BCUT2D eigenvalue weighted by Gasteiger charge is 2.69. The van der Waals surface area contributed by atoms with Crippen molar-refractivity contribution in [1.29, 1.82) is 5.26 Å². The lowest BCUT2D eigenvalue weighted by atomic mass is 10.1. The first-order valence-corrected chi connectivity index (χ1v) is 11.1. The number of hydrogen-bond acceptors (Lipinski definition) is 8. The highest BCUT2D eigenvalue weighted by atomic mass is 32.2. The molecule has 0 radical (unpaired) electrons. The summed E-state index contributed by atoms with van der Waals surface area (Å²) in [6, 6.07) is 7.02. The van der Waals surface area contributed by atoms with Crippen LogP contribution in [0.2, 0.25) is 0 Å². The average Bonchev–Trinajstić information content (AvgIpc) is 3.33. The summed E-state index contributed by atoms with van der Waals surface area (Å²) in [5.74, 6) is -0.833. The summed E-state index contributed by atoms with van der Waals surface area (Å²) >= 11 is 1.31. The van der Waals surface area contributed by atoms with Crippen LogP contribution >= 0.6 is 11.8 Å². The van der Waals surface area contributed by atoms with Crippen LogP contribution in [0.3, 0.4) is 0 Å². The van der Waals surface area contributed by atoms with Crippen LogP contribution < -0.4 is 16.0 Å². The molecule has 1 aromatic rings. The summed E-state index contributed by atoms with van der Waals surface area (Å²) in [7, 11) is 3.60. The van der Waals surface area contributed by atoms with Gasteiger partial charge in [0.15, 0.2) is 5.92 Å². The summed E-state index contributed by atoms with van der Waals surface area (Å²) in [5, 5.41) is 17.6. The molecular formula is C21H27N7O3S. The first-order valence-electron chi connectivity index (χ1n) is 10.2. The van der Waals surface area contributed by atoms with Crippen molar-refractivity contribution in [2.24, 2.45) is 5.92 Å². The molecule has 1 aromatic heterocycles. The molecule has 170 valence electrons. The van der Waals surface area contributed by atoms with Crippen molar-refractivity contribution in [2.45, 2.75) is 29.5 Å². The predicted molar refractivity (Wildman–Crippen MR) is 122 cm³/mol. The predicted octanol–water partition coefficient (Wildman–Crippen LogP) is 0.826. The van der Waals surface area contributed by atoms with E-state index >= 15 is 0 Å². The van der Waals surface area contributed by atoms with E-state index in [2.05, 4.69) is 27.5 Å². The molecule has 4 unspecified atom stereocenters. The van der Waals surface area contributed by atoms with E-state index < -0.39 is 21.9 Å². The van der Waals surface area contributed by atoms with Crippen molar-refractivity contribution in [2.75, 3.05) is 37.8 Å². The van der Waals surface area contributed by atoms with Gasteiger partial charge in [0.1, 0.15) is 21.8 Å².